The molecular formula is C12H15NO6. The molecule has 0 aromatic carbocycles. The minimum atomic E-state index is -0.730. The third-order valence-corrected chi connectivity index (χ3v) is 2.20. The molecule has 3 atom stereocenters. The lowest BCUT2D eigenvalue weighted by molar-refractivity contribution is -0.193. The van der Waals surface area contributed by atoms with Crippen LogP contribution in [0.5, 0.6) is 0 Å². The number of hydrogen-bond acceptors (Lipinski definition) is 7. The summed E-state index contributed by atoms with van der Waals surface area (Å²) in [6.07, 6.45) is 1.07. The Morgan fingerprint density at radius 3 is 2.63 bits per heavy atom. The van der Waals surface area contributed by atoms with Crippen LogP contribution in [0.3, 0.4) is 0 Å². The van der Waals surface area contributed by atoms with Crippen LogP contribution in [-0.4, -0.2) is 43.7 Å². The molecule has 0 spiro atoms. The van der Waals surface area contributed by atoms with Gasteiger partial charge < -0.3 is 18.9 Å². The lowest BCUT2D eigenvalue weighted by atomic mass is 10.1. The molecule has 1 rings (SSSR count). The van der Waals surface area contributed by atoms with Gasteiger partial charge in [0.05, 0.1) is 6.07 Å². The molecule has 0 bridgehead atoms. The molecule has 7 nitrogen and oxygen atoms in total. The summed E-state index contributed by atoms with van der Waals surface area (Å²) in [6, 6.07) is 1.82. The molecular weight excluding hydrogens is 254 g/mol. The highest BCUT2D eigenvalue weighted by molar-refractivity contribution is 5.66. The number of nitriles is 1. The van der Waals surface area contributed by atoms with Gasteiger partial charge in [0, 0.05) is 13.8 Å². The Bertz CT molecular complexity index is 400. The molecule has 0 N–H and O–H groups in total. The third kappa shape index (κ3) is 5.50. The van der Waals surface area contributed by atoms with Crippen molar-refractivity contribution in [3.05, 3.63) is 12.2 Å². The Labute approximate surface area is 110 Å². The Balaban J connectivity index is 2.63. The topological polar surface area (TPSA) is 94.9 Å². The molecule has 0 unspecified atom stereocenters. The summed E-state index contributed by atoms with van der Waals surface area (Å²) in [5, 5.41) is 8.42. The second-order valence-corrected chi connectivity index (χ2v) is 3.77. The zero-order valence-corrected chi connectivity index (χ0v) is 10.7. The van der Waals surface area contributed by atoms with Gasteiger partial charge in [0.25, 0.3) is 0 Å². The monoisotopic (exact) mass is 269 g/mol. The fourth-order valence-corrected chi connectivity index (χ4v) is 1.47. The molecule has 0 aromatic heterocycles. The van der Waals surface area contributed by atoms with E-state index in [4.69, 9.17) is 24.2 Å². The van der Waals surface area contributed by atoms with Crippen LogP contribution in [0.15, 0.2) is 12.2 Å². The van der Waals surface area contributed by atoms with Crippen LogP contribution in [0.2, 0.25) is 0 Å². The minimum absolute atomic E-state index is 0.0654. The third-order valence-electron chi connectivity index (χ3n) is 2.20. The van der Waals surface area contributed by atoms with Crippen LogP contribution in [-0.2, 0) is 28.5 Å². The molecule has 0 amide bonds. The van der Waals surface area contributed by atoms with E-state index in [9.17, 15) is 9.59 Å². The smallest absolute Gasteiger partial charge is 0.303 e. The van der Waals surface area contributed by atoms with Gasteiger partial charge in [0.2, 0.25) is 0 Å². The van der Waals surface area contributed by atoms with Gasteiger partial charge in [0.15, 0.2) is 6.29 Å². The van der Waals surface area contributed by atoms with Gasteiger partial charge in [-0.3, -0.25) is 9.59 Å². The number of ether oxygens (including phenoxy) is 4. The van der Waals surface area contributed by atoms with Crippen molar-refractivity contribution >= 4 is 11.9 Å². The zero-order valence-electron chi connectivity index (χ0n) is 10.7. The number of carbonyl (C=O) groups excluding carboxylic acids is 2. The molecule has 104 valence electrons. The summed E-state index contributed by atoms with van der Waals surface area (Å²) in [7, 11) is 0. The second-order valence-electron chi connectivity index (χ2n) is 3.77. The van der Waals surface area contributed by atoms with E-state index < -0.39 is 30.4 Å². The average molecular weight is 269 g/mol. The van der Waals surface area contributed by atoms with Crippen molar-refractivity contribution in [2.24, 2.45) is 0 Å². The fraction of sp³-hybridized carbons (Fsp3) is 0.583. The van der Waals surface area contributed by atoms with E-state index in [1.165, 1.54) is 19.9 Å². The standard InChI is InChI=1S/C12H15NO6/c1-8(14)17-7-11-10(18-9(2)15)3-4-12(19-11)16-6-5-13/h3-4,10-12H,6-7H2,1-2H3/t10-,11+,12-/m0/s1. The first-order valence-electron chi connectivity index (χ1n) is 5.66. The molecule has 19 heavy (non-hydrogen) atoms. The summed E-state index contributed by atoms with van der Waals surface area (Å²) >= 11 is 0. The number of rotatable bonds is 5. The Kier molecular flexibility index (Phi) is 5.99. The maximum atomic E-state index is 11.0. The molecule has 7 heteroatoms. The van der Waals surface area contributed by atoms with Gasteiger partial charge in [0.1, 0.15) is 25.4 Å². The largest absolute Gasteiger partial charge is 0.463 e. The van der Waals surface area contributed by atoms with Crippen molar-refractivity contribution in [1.29, 1.82) is 5.26 Å². The molecule has 1 aliphatic heterocycles. The molecule has 0 saturated carbocycles. The van der Waals surface area contributed by atoms with Crippen molar-refractivity contribution in [1.82, 2.24) is 0 Å². The Hall–Kier alpha value is -1.91. The number of carbonyl (C=O) groups is 2. The first kappa shape index (κ1) is 15.1. The average Bonchev–Trinajstić information content (AvgIpc) is 2.35. The highest BCUT2D eigenvalue weighted by Crippen LogP contribution is 2.17. The van der Waals surface area contributed by atoms with Crippen molar-refractivity contribution in [3.63, 3.8) is 0 Å². The molecule has 1 heterocycles. The predicted molar refractivity (Wildman–Crippen MR) is 61.6 cm³/mol. The quantitative estimate of drug-likeness (QED) is 0.523. The van der Waals surface area contributed by atoms with Gasteiger partial charge in [-0.2, -0.15) is 5.26 Å². The number of hydrogen-bond donors (Lipinski definition) is 0. The summed E-state index contributed by atoms with van der Waals surface area (Å²) in [5.41, 5.74) is 0. The lowest BCUT2D eigenvalue weighted by Crippen LogP contribution is -2.42. The maximum Gasteiger partial charge on any atom is 0.303 e. The van der Waals surface area contributed by atoms with Crippen molar-refractivity contribution in [2.45, 2.75) is 32.3 Å². The molecule has 0 fully saturated rings. The highest BCUT2D eigenvalue weighted by atomic mass is 16.7. The summed E-state index contributed by atoms with van der Waals surface area (Å²) in [5.74, 6) is -0.934. The maximum absolute atomic E-state index is 11.0. The SMILES string of the molecule is CC(=O)OC[C@H]1O[C@H](OCC#N)C=C[C@@H]1OC(C)=O. The number of nitrogens with zero attached hydrogens (tertiary/aromatic N) is 1. The van der Waals surface area contributed by atoms with Crippen LogP contribution in [0.4, 0.5) is 0 Å². The first-order valence-corrected chi connectivity index (χ1v) is 5.66. The van der Waals surface area contributed by atoms with Gasteiger partial charge in [-0.05, 0) is 12.2 Å². The first-order chi connectivity index (χ1) is 9.02. The Morgan fingerprint density at radius 2 is 2.05 bits per heavy atom. The zero-order chi connectivity index (χ0) is 14.3. The molecule has 0 aromatic rings. The van der Waals surface area contributed by atoms with E-state index in [1.54, 1.807) is 6.08 Å². The van der Waals surface area contributed by atoms with Crippen LogP contribution in [0, 0.1) is 11.3 Å². The highest BCUT2D eigenvalue weighted by Gasteiger charge is 2.30. The minimum Gasteiger partial charge on any atom is -0.463 e. The van der Waals surface area contributed by atoms with Crippen LogP contribution < -0.4 is 0 Å². The Morgan fingerprint density at radius 1 is 1.32 bits per heavy atom. The summed E-state index contributed by atoms with van der Waals surface area (Å²) < 4.78 is 20.4. The van der Waals surface area contributed by atoms with Crippen molar-refractivity contribution < 1.29 is 28.5 Å². The summed E-state index contributed by atoms with van der Waals surface area (Å²) in [6.45, 7) is 2.34. The van der Waals surface area contributed by atoms with Crippen LogP contribution in [0.25, 0.3) is 0 Å². The van der Waals surface area contributed by atoms with E-state index in [2.05, 4.69) is 0 Å². The predicted octanol–water partition coefficient (Wildman–Crippen LogP) is 0.302. The van der Waals surface area contributed by atoms with Gasteiger partial charge in [-0.15, -0.1) is 0 Å². The van der Waals surface area contributed by atoms with Gasteiger partial charge in [-0.25, -0.2) is 0 Å². The van der Waals surface area contributed by atoms with Crippen molar-refractivity contribution in [3.8, 4) is 6.07 Å². The molecule has 0 radical (unpaired) electrons. The van der Waals surface area contributed by atoms with E-state index in [0.29, 0.717) is 0 Å². The van der Waals surface area contributed by atoms with E-state index in [-0.39, 0.29) is 13.2 Å². The number of esters is 2. The molecule has 1 aliphatic rings. The fourth-order valence-electron chi connectivity index (χ4n) is 1.47. The van der Waals surface area contributed by atoms with Gasteiger partial charge >= 0.3 is 11.9 Å². The molecule has 0 saturated heterocycles. The summed E-state index contributed by atoms with van der Waals surface area (Å²) in [4.78, 5) is 21.7. The van der Waals surface area contributed by atoms with E-state index >= 15 is 0 Å². The van der Waals surface area contributed by atoms with Crippen LogP contribution in [0.1, 0.15) is 13.8 Å². The van der Waals surface area contributed by atoms with Crippen molar-refractivity contribution in [2.75, 3.05) is 13.2 Å². The normalized spacial score (nSPS) is 25.4. The van der Waals surface area contributed by atoms with E-state index in [1.807, 2.05) is 6.07 Å². The van der Waals surface area contributed by atoms with Crippen LogP contribution >= 0.6 is 0 Å². The molecule has 0 aliphatic carbocycles. The van der Waals surface area contributed by atoms with Gasteiger partial charge in [-0.1, -0.05) is 0 Å². The lowest BCUT2D eigenvalue weighted by Gasteiger charge is -2.30. The van der Waals surface area contributed by atoms with E-state index in [0.717, 1.165) is 0 Å². The second kappa shape index (κ2) is 7.51.